The Morgan fingerprint density at radius 1 is 0.247 bits per heavy atom. The maximum Gasteiger partial charge on any atom is 0.0220 e. The van der Waals surface area contributed by atoms with Crippen molar-refractivity contribution in [1.82, 2.24) is 0 Å². The van der Waals surface area contributed by atoms with E-state index in [0.29, 0.717) is 35.5 Å². The highest BCUT2D eigenvalue weighted by Gasteiger charge is 2.48. The molecule has 12 rings (SSSR count). The van der Waals surface area contributed by atoms with Crippen molar-refractivity contribution < 1.29 is 0 Å². The van der Waals surface area contributed by atoms with Gasteiger partial charge in [0.15, 0.2) is 0 Å². The van der Waals surface area contributed by atoms with Gasteiger partial charge < -0.3 is 0 Å². The Labute approximate surface area is 586 Å². The van der Waals surface area contributed by atoms with Crippen LogP contribution in [0.15, 0.2) is 188 Å². The molecule has 3 aliphatic carbocycles. The molecule has 0 aromatic heterocycles. The molecule has 498 valence electrons. The molecule has 0 heterocycles. The summed E-state index contributed by atoms with van der Waals surface area (Å²) in [6.45, 7) is 33.8. The van der Waals surface area contributed by atoms with Gasteiger partial charge in [-0.25, -0.2) is 0 Å². The second-order valence-corrected chi connectivity index (χ2v) is 30.9. The molecule has 6 unspecified atom stereocenters. The molecule has 0 heteroatoms. The van der Waals surface area contributed by atoms with Crippen LogP contribution in [0.5, 0.6) is 0 Å². The van der Waals surface area contributed by atoms with Crippen molar-refractivity contribution in [3.8, 4) is 55.6 Å². The number of allylic oxidation sites excluding steroid dienone is 1. The Morgan fingerprint density at radius 3 is 0.711 bits per heavy atom. The Bertz CT molecular complexity index is 4320. The van der Waals surface area contributed by atoms with Gasteiger partial charge in [0, 0.05) is 16.2 Å². The molecule has 0 radical (unpaired) electrons. The summed E-state index contributed by atoms with van der Waals surface area (Å²) in [7, 11) is 0. The molecule has 9 aromatic rings. The van der Waals surface area contributed by atoms with Crippen LogP contribution < -0.4 is 0 Å². The molecular formula is C97H110. The van der Waals surface area contributed by atoms with Crippen molar-refractivity contribution in [2.24, 2.45) is 35.5 Å². The van der Waals surface area contributed by atoms with Gasteiger partial charge in [-0.2, -0.15) is 0 Å². The van der Waals surface area contributed by atoms with E-state index < -0.39 is 0 Å². The zero-order chi connectivity index (χ0) is 68.2. The van der Waals surface area contributed by atoms with Crippen molar-refractivity contribution in [3.63, 3.8) is 0 Å². The molecule has 0 spiro atoms. The lowest BCUT2D eigenvalue weighted by molar-refractivity contribution is 0.308. The summed E-state index contributed by atoms with van der Waals surface area (Å²) in [6.07, 6.45) is 31.6. The predicted octanol–water partition coefficient (Wildman–Crippen LogP) is 28.3. The molecule has 0 amide bonds. The predicted molar refractivity (Wildman–Crippen MR) is 426 cm³/mol. The monoisotopic (exact) mass is 1270 g/mol. The van der Waals surface area contributed by atoms with Crippen molar-refractivity contribution in [3.05, 3.63) is 266 Å². The van der Waals surface area contributed by atoms with Gasteiger partial charge in [0.25, 0.3) is 0 Å². The summed E-state index contributed by atoms with van der Waals surface area (Å²) in [4.78, 5) is 0. The third-order valence-corrected chi connectivity index (χ3v) is 23.9. The van der Waals surface area contributed by atoms with Gasteiger partial charge in [-0.05, 0) is 240 Å². The SMILES string of the molecule is CC=Cc1ccc(C=Cc2ccc(C=Cc3ccc(C=Cc4ccc5c(c4)C(CC(C)CC)(CC(C)CC)c4cc(-c6ccc7c(c6)C(CC(C)CC)(CC(C)CC)c6cc(-c8ccc9c(c8)C(CC(C)CC)(CC(C)CC)c8cc(C)ccc8-9)ccc6-7)ccc4-5)cc3)cc2)cc1. The second kappa shape index (κ2) is 29.6. The van der Waals surface area contributed by atoms with E-state index in [1.54, 1.807) is 22.3 Å². The Morgan fingerprint density at radius 2 is 0.454 bits per heavy atom. The summed E-state index contributed by atoms with van der Waals surface area (Å²) in [5, 5.41) is 0. The maximum atomic E-state index is 2.69. The second-order valence-electron chi connectivity index (χ2n) is 30.9. The molecule has 0 N–H and O–H groups in total. The lowest BCUT2D eigenvalue weighted by Crippen LogP contribution is -2.30. The van der Waals surface area contributed by atoms with E-state index in [-0.39, 0.29) is 16.2 Å². The first kappa shape index (κ1) is 68.9. The fourth-order valence-electron chi connectivity index (χ4n) is 17.4. The highest BCUT2D eigenvalue weighted by atomic mass is 14.5. The minimum Gasteiger partial charge on any atom is -0.0871 e. The van der Waals surface area contributed by atoms with Gasteiger partial charge >= 0.3 is 0 Å². The number of hydrogen-bond donors (Lipinski definition) is 0. The number of aryl methyl sites for hydroxylation is 1. The van der Waals surface area contributed by atoms with E-state index >= 15 is 0 Å². The molecular weight excluding hydrogens is 1170 g/mol. The molecule has 97 heavy (non-hydrogen) atoms. The zero-order valence-corrected chi connectivity index (χ0v) is 61.4. The molecule has 3 aliphatic rings. The van der Waals surface area contributed by atoms with Gasteiger partial charge in [-0.1, -0.05) is 334 Å². The van der Waals surface area contributed by atoms with E-state index in [1.165, 1.54) is 150 Å². The van der Waals surface area contributed by atoms with E-state index in [4.69, 9.17) is 0 Å². The number of hydrogen-bond acceptors (Lipinski definition) is 0. The molecule has 6 atom stereocenters. The van der Waals surface area contributed by atoms with Crippen LogP contribution in [0.1, 0.15) is 245 Å². The average Bonchev–Trinajstić information content (AvgIpc) is 1.58. The Balaban J connectivity index is 0.868. The standard InChI is InChI=1S/C97H110/c1-15-22-72-24-26-73(27-25-72)28-29-74-30-32-75(33-31-74)34-35-76-36-38-77(39-37-76)40-41-78-42-48-84-86-50-44-80(56-92(86)96(90(84)54-78,61-67(10)18-4)62-68(11)19-5)82-46-52-88-87-51-45-81(57-93(87)97(94(88)58-82,63-69(12)20-6)64-70(13)21-7)79-43-49-85-83-47-23-71(14)53-89(83)95(91(85)55-79,59-65(8)16-2)60-66(9)17-3/h15,22-58,65-70H,16-21,59-64H2,1-14H3. The van der Waals surface area contributed by atoms with Crippen LogP contribution in [0.3, 0.4) is 0 Å². The smallest absolute Gasteiger partial charge is 0.0220 e. The topological polar surface area (TPSA) is 0 Å². The minimum absolute atomic E-state index is 0.00969. The summed E-state index contributed by atoms with van der Waals surface area (Å²) in [5.74, 6) is 3.51. The van der Waals surface area contributed by atoms with Gasteiger partial charge in [0.1, 0.15) is 0 Å². The minimum atomic E-state index is -0.122. The molecule has 0 fully saturated rings. The first-order valence-corrected chi connectivity index (χ1v) is 37.8. The number of rotatable bonds is 27. The van der Waals surface area contributed by atoms with Crippen LogP contribution in [0.4, 0.5) is 0 Å². The van der Waals surface area contributed by atoms with Crippen LogP contribution in [0.2, 0.25) is 0 Å². The highest BCUT2D eigenvalue weighted by molar-refractivity contribution is 5.91. The van der Waals surface area contributed by atoms with Crippen molar-refractivity contribution >= 4 is 42.5 Å². The summed E-state index contributed by atoms with van der Waals surface area (Å²) >= 11 is 0. The maximum absolute atomic E-state index is 2.69. The normalized spacial score (nSPS) is 19.4. The van der Waals surface area contributed by atoms with E-state index in [1.807, 2.05) is 0 Å². The molecule has 9 aromatic carbocycles. The van der Waals surface area contributed by atoms with Gasteiger partial charge in [-0.15, -0.1) is 0 Å². The molecule has 0 nitrogen and oxygen atoms in total. The van der Waals surface area contributed by atoms with Crippen molar-refractivity contribution in [2.45, 2.75) is 190 Å². The van der Waals surface area contributed by atoms with Crippen LogP contribution in [-0.2, 0) is 16.2 Å². The highest BCUT2D eigenvalue weighted by Crippen LogP contribution is 2.61. The number of fused-ring (bicyclic) bond motifs is 9. The van der Waals surface area contributed by atoms with Crippen LogP contribution >= 0.6 is 0 Å². The quantitative estimate of drug-likeness (QED) is 0.0450. The third-order valence-electron chi connectivity index (χ3n) is 23.9. The van der Waals surface area contributed by atoms with Crippen LogP contribution in [0, 0.1) is 42.4 Å². The molecule has 0 saturated heterocycles. The average molecular weight is 1280 g/mol. The number of benzene rings is 9. The largest absolute Gasteiger partial charge is 0.0871 e. The first-order chi connectivity index (χ1) is 47.0. The molecule has 0 bridgehead atoms. The van der Waals surface area contributed by atoms with Gasteiger partial charge in [0.05, 0.1) is 0 Å². The fourth-order valence-corrected chi connectivity index (χ4v) is 17.4. The van der Waals surface area contributed by atoms with Gasteiger partial charge in [-0.3, -0.25) is 0 Å². The third kappa shape index (κ3) is 13.9. The van der Waals surface area contributed by atoms with Crippen molar-refractivity contribution in [1.29, 1.82) is 0 Å². The fraction of sp³-hybridized carbons (Fsp3) is 0.361. The lowest BCUT2D eigenvalue weighted by Gasteiger charge is -2.38. The molecule has 0 saturated carbocycles. The van der Waals surface area contributed by atoms with Gasteiger partial charge in [0.2, 0.25) is 0 Å². The van der Waals surface area contributed by atoms with E-state index in [0.717, 1.165) is 38.5 Å². The summed E-state index contributed by atoms with van der Waals surface area (Å²) in [5.41, 5.74) is 32.9. The van der Waals surface area contributed by atoms with Crippen molar-refractivity contribution in [2.75, 3.05) is 0 Å². The van der Waals surface area contributed by atoms with E-state index in [2.05, 4.69) is 328 Å². The Kier molecular flexibility index (Phi) is 21.0. The van der Waals surface area contributed by atoms with E-state index in [9.17, 15) is 0 Å². The summed E-state index contributed by atoms with van der Waals surface area (Å²) in [6, 6.07) is 71.9. The van der Waals surface area contributed by atoms with Crippen LogP contribution in [-0.4, -0.2) is 0 Å². The molecule has 0 aliphatic heterocycles. The summed E-state index contributed by atoms with van der Waals surface area (Å²) < 4.78 is 0. The first-order valence-electron chi connectivity index (χ1n) is 37.8. The Hall–Kier alpha value is -8.06. The van der Waals surface area contributed by atoms with Crippen LogP contribution in [0.25, 0.3) is 98.2 Å². The lowest BCUT2D eigenvalue weighted by atomic mass is 9.65. The zero-order valence-electron chi connectivity index (χ0n) is 61.4.